The van der Waals surface area contributed by atoms with Crippen molar-refractivity contribution in [2.75, 3.05) is 24.9 Å². The van der Waals surface area contributed by atoms with Crippen LogP contribution >= 0.6 is 27.7 Å². The van der Waals surface area contributed by atoms with E-state index in [0.717, 1.165) is 11.8 Å². The second kappa shape index (κ2) is 5.38. The van der Waals surface area contributed by atoms with Gasteiger partial charge >= 0.3 is 5.97 Å². The van der Waals surface area contributed by atoms with E-state index in [4.69, 9.17) is 5.11 Å². The van der Waals surface area contributed by atoms with Crippen molar-refractivity contribution in [2.45, 2.75) is 5.16 Å². The molecule has 1 aromatic carbocycles. The van der Waals surface area contributed by atoms with Crippen molar-refractivity contribution >= 4 is 44.7 Å². The standard InChI is InChI=1S/C11H11BrFN3O2S/c1-15(2)16-9-3-6(12)7(13)4-8(9)14-11(16)19-5-10(17)18/h3-4H,5H2,1-2H3,(H,17,18). The number of carboxylic acids is 1. The number of hydrogen-bond donors (Lipinski definition) is 1. The van der Waals surface area contributed by atoms with Crippen LogP contribution in [-0.4, -0.2) is 40.6 Å². The van der Waals surface area contributed by atoms with Crippen LogP contribution in [0, 0.1) is 5.82 Å². The summed E-state index contributed by atoms with van der Waals surface area (Å²) in [6.45, 7) is 0. The molecule has 1 aromatic heterocycles. The zero-order chi connectivity index (χ0) is 14.2. The molecule has 0 aliphatic heterocycles. The van der Waals surface area contributed by atoms with Gasteiger partial charge < -0.3 is 10.1 Å². The van der Waals surface area contributed by atoms with Gasteiger partial charge in [0.05, 0.1) is 21.3 Å². The number of hydrogen-bond acceptors (Lipinski definition) is 4. The summed E-state index contributed by atoms with van der Waals surface area (Å²) >= 11 is 4.23. The summed E-state index contributed by atoms with van der Waals surface area (Å²) in [6, 6.07) is 2.95. The number of imidazole rings is 1. The first kappa shape index (κ1) is 14.1. The summed E-state index contributed by atoms with van der Waals surface area (Å²) < 4.78 is 15.6. The van der Waals surface area contributed by atoms with Crippen LogP contribution < -0.4 is 5.01 Å². The topological polar surface area (TPSA) is 58.4 Å². The molecule has 0 fully saturated rings. The molecule has 0 radical (unpaired) electrons. The van der Waals surface area contributed by atoms with Crippen LogP contribution in [0.5, 0.6) is 0 Å². The minimum Gasteiger partial charge on any atom is -0.481 e. The summed E-state index contributed by atoms with van der Waals surface area (Å²) in [6.07, 6.45) is 0. The van der Waals surface area contributed by atoms with Gasteiger partial charge in [-0.25, -0.2) is 14.1 Å². The van der Waals surface area contributed by atoms with Gasteiger partial charge in [0, 0.05) is 20.2 Å². The Morgan fingerprint density at radius 1 is 1.58 bits per heavy atom. The van der Waals surface area contributed by atoms with Crippen molar-refractivity contribution in [1.82, 2.24) is 9.66 Å². The number of aliphatic carboxylic acids is 1. The number of aromatic nitrogens is 2. The van der Waals surface area contributed by atoms with Gasteiger partial charge in [-0.05, 0) is 22.0 Å². The molecule has 1 heterocycles. The number of rotatable bonds is 4. The maximum atomic E-state index is 13.5. The summed E-state index contributed by atoms with van der Waals surface area (Å²) in [5, 5.41) is 11.0. The van der Waals surface area contributed by atoms with Crippen LogP contribution in [0.3, 0.4) is 0 Å². The quantitative estimate of drug-likeness (QED) is 0.860. The molecular formula is C11H11BrFN3O2S. The molecule has 8 heteroatoms. The van der Waals surface area contributed by atoms with Crippen molar-refractivity contribution in [3.63, 3.8) is 0 Å². The van der Waals surface area contributed by atoms with Crippen molar-refractivity contribution in [3.8, 4) is 0 Å². The van der Waals surface area contributed by atoms with Gasteiger partial charge in [0.25, 0.3) is 0 Å². The van der Waals surface area contributed by atoms with E-state index in [1.54, 1.807) is 15.8 Å². The predicted octanol–water partition coefficient (Wildman–Crippen LogP) is 2.31. The second-order valence-electron chi connectivity index (χ2n) is 3.99. The second-order valence-corrected chi connectivity index (χ2v) is 5.79. The van der Waals surface area contributed by atoms with Gasteiger partial charge in [0.15, 0.2) is 5.16 Å². The number of nitrogens with zero attached hydrogens (tertiary/aromatic N) is 3. The Morgan fingerprint density at radius 2 is 2.26 bits per heavy atom. The van der Waals surface area contributed by atoms with E-state index in [-0.39, 0.29) is 5.75 Å². The fraction of sp³-hybridized carbons (Fsp3) is 0.273. The molecule has 0 saturated carbocycles. The van der Waals surface area contributed by atoms with Gasteiger partial charge in [-0.3, -0.25) is 4.79 Å². The van der Waals surface area contributed by atoms with Crippen LogP contribution in [0.2, 0.25) is 0 Å². The highest BCUT2D eigenvalue weighted by Gasteiger charge is 2.16. The fourth-order valence-corrected chi connectivity index (χ4v) is 2.78. The molecule has 0 saturated heterocycles. The van der Waals surface area contributed by atoms with E-state index in [2.05, 4.69) is 20.9 Å². The zero-order valence-corrected chi connectivity index (χ0v) is 12.6. The molecule has 0 spiro atoms. The minimum atomic E-state index is -0.922. The largest absolute Gasteiger partial charge is 0.481 e. The number of carboxylic acid groups (broad SMARTS) is 1. The van der Waals surface area contributed by atoms with E-state index in [1.165, 1.54) is 6.07 Å². The summed E-state index contributed by atoms with van der Waals surface area (Å²) in [5.41, 5.74) is 1.20. The Labute approximate surface area is 121 Å². The lowest BCUT2D eigenvalue weighted by molar-refractivity contribution is -0.133. The summed E-state index contributed by atoms with van der Waals surface area (Å²) in [7, 11) is 3.62. The number of thioether (sulfide) groups is 1. The third-order valence-corrected chi connectivity index (χ3v) is 3.89. The molecule has 102 valence electrons. The number of benzene rings is 1. The highest BCUT2D eigenvalue weighted by molar-refractivity contribution is 9.10. The van der Waals surface area contributed by atoms with Gasteiger partial charge in [-0.1, -0.05) is 11.8 Å². The highest BCUT2D eigenvalue weighted by Crippen LogP contribution is 2.28. The molecule has 1 N–H and O–H groups in total. The molecule has 5 nitrogen and oxygen atoms in total. The molecule has 0 bridgehead atoms. The van der Waals surface area contributed by atoms with E-state index in [1.807, 2.05) is 14.1 Å². The summed E-state index contributed by atoms with van der Waals surface area (Å²) in [4.78, 5) is 14.9. The van der Waals surface area contributed by atoms with Crippen LogP contribution in [0.1, 0.15) is 0 Å². The number of carbonyl (C=O) groups is 1. The van der Waals surface area contributed by atoms with Gasteiger partial charge in [-0.15, -0.1) is 0 Å². The van der Waals surface area contributed by atoms with E-state index < -0.39 is 11.8 Å². The maximum Gasteiger partial charge on any atom is 0.313 e. The third-order valence-electron chi connectivity index (χ3n) is 2.37. The van der Waals surface area contributed by atoms with E-state index in [9.17, 15) is 9.18 Å². The molecule has 0 aliphatic rings. The lowest BCUT2D eigenvalue weighted by atomic mass is 10.3. The normalized spacial score (nSPS) is 10.9. The Balaban J connectivity index is 2.56. The smallest absolute Gasteiger partial charge is 0.313 e. The first-order valence-corrected chi connectivity index (χ1v) is 7.07. The van der Waals surface area contributed by atoms with Gasteiger partial charge in [0.1, 0.15) is 5.82 Å². The molecule has 2 rings (SSSR count). The lowest BCUT2D eigenvalue weighted by Gasteiger charge is -2.17. The fourth-order valence-electron chi connectivity index (χ4n) is 1.64. The average molecular weight is 348 g/mol. The molecule has 19 heavy (non-hydrogen) atoms. The monoisotopic (exact) mass is 347 g/mol. The van der Waals surface area contributed by atoms with Gasteiger partial charge in [0.2, 0.25) is 0 Å². The number of halogens is 2. The number of fused-ring (bicyclic) bond motifs is 1. The Morgan fingerprint density at radius 3 is 2.84 bits per heavy atom. The molecule has 0 aliphatic carbocycles. The van der Waals surface area contributed by atoms with Crippen molar-refractivity contribution < 1.29 is 14.3 Å². The van der Waals surface area contributed by atoms with Crippen LogP contribution in [-0.2, 0) is 4.79 Å². The molecule has 0 atom stereocenters. The molecule has 2 aromatic rings. The molecule has 0 unspecified atom stereocenters. The Bertz CT molecular complexity index is 644. The van der Waals surface area contributed by atoms with E-state index in [0.29, 0.717) is 20.7 Å². The highest BCUT2D eigenvalue weighted by atomic mass is 79.9. The van der Waals surface area contributed by atoms with Crippen molar-refractivity contribution in [2.24, 2.45) is 0 Å². The van der Waals surface area contributed by atoms with Crippen LogP contribution in [0.15, 0.2) is 21.8 Å². The maximum absolute atomic E-state index is 13.5. The van der Waals surface area contributed by atoms with Crippen LogP contribution in [0.4, 0.5) is 4.39 Å². The lowest BCUT2D eigenvalue weighted by Crippen LogP contribution is -2.25. The van der Waals surface area contributed by atoms with E-state index >= 15 is 0 Å². The average Bonchev–Trinajstić information content (AvgIpc) is 2.64. The Hall–Kier alpha value is -1.28. The predicted molar refractivity (Wildman–Crippen MR) is 75.8 cm³/mol. The molecule has 0 amide bonds. The summed E-state index contributed by atoms with van der Waals surface area (Å²) in [5.74, 6) is -1.42. The zero-order valence-electron chi connectivity index (χ0n) is 10.2. The first-order valence-electron chi connectivity index (χ1n) is 5.30. The van der Waals surface area contributed by atoms with Crippen molar-refractivity contribution in [1.29, 1.82) is 0 Å². The Kier molecular flexibility index (Phi) is 4.00. The SMILES string of the molecule is CN(C)n1c(SCC(=O)O)nc2cc(F)c(Br)cc21. The minimum absolute atomic E-state index is 0.0964. The van der Waals surface area contributed by atoms with Crippen LogP contribution in [0.25, 0.3) is 11.0 Å². The van der Waals surface area contributed by atoms with Gasteiger partial charge in [-0.2, -0.15) is 0 Å². The third kappa shape index (κ3) is 2.84. The van der Waals surface area contributed by atoms with Crippen molar-refractivity contribution in [3.05, 3.63) is 22.4 Å². The molecular weight excluding hydrogens is 337 g/mol. The first-order chi connectivity index (χ1) is 8.90.